The predicted molar refractivity (Wildman–Crippen MR) is 95.6 cm³/mol. The van der Waals surface area contributed by atoms with E-state index >= 15 is 0 Å². The van der Waals surface area contributed by atoms with Crippen LogP contribution in [0.3, 0.4) is 0 Å². The summed E-state index contributed by atoms with van der Waals surface area (Å²) < 4.78 is 0. The van der Waals surface area contributed by atoms with Gasteiger partial charge >= 0.3 is 0 Å². The highest BCUT2D eigenvalue weighted by atomic mass is 15.3. The number of rotatable bonds is 5. The lowest BCUT2D eigenvalue weighted by molar-refractivity contribution is 0.492. The summed E-state index contributed by atoms with van der Waals surface area (Å²) in [6.45, 7) is 11.7. The second-order valence-electron chi connectivity index (χ2n) is 7.62. The van der Waals surface area contributed by atoms with Crippen LogP contribution in [0.25, 0.3) is 0 Å². The molecule has 27 heavy (non-hydrogen) atoms. The van der Waals surface area contributed by atoms with Crippen molar-refractivity contribution < 1.29 is 0 Å². The van der Waals surface area contributed by atoms with Gasteiger partial charge in [0.1, 0.15) is 0 Å². The molecule has 0 unspecified atom stereocenters. The van der Waals surface area contributed by atoms with Crippen molar-refractivity contribution in [2.75, 3.05) is 0 Å². The molecule has 0 aromatic carbocycles. The maximum absolute atomic E-state index is 4.49. The summed E-state index contributed by atoms with van der Waals surface area (Å²) in [6, 6.07) is 0. The molecule has 0 aliphatic heterocycles. The van der Waals surface area contributed by atoms with Crippen LogP contribution in [0.15, 0.2) is 18.6 Å². The second kappa shape index (κ2) is 6.93. The van der Waals surface area contributed by atoms with E-state index in [1.54, 1.807) is 12.4 Å². The molecule has 3 rings (SSSR count). The third kappa shape index (κ3) is 3.60. The van der Waals surface area contributed by atoms with Gasteiger partial charge in [0.25, 0.3) is 0 Å². The molecule has 3 aromatic heterocycles. The second-order valence-corrected chi connectivity index (χ2v) is 7.62. The minimum atomic E-state index is -0.636. The fourth-order valence-corrected chi connectivity index (χ4v) is 2.31. The molecular formula is C17H22N10. The maximum atomic E-state index is 4.49. The van der Waals surface area contributed by atoms with E-state index in [2.05, 4.69) is 50.8 Å². The molecule has 0 aliphatic carbocycles. The van der Waals surface area contributed by atoms with Crippen molar-refractivity contribution in [2.45, 2.75) is 58.3 Å². The number of hydrogen-bond acceptors (Lipinski definition) is 10. The average Bonchev–Trinajstić information content (AvgIpc) is 2.69. The molecule has 0 spiro atoms. The molecule has 0 radical (unpaired) electrons. The fraction of sp³-hybridized carbons (Fsp3) is 0.529. The molecule has 3 aromatic rings. The quantitative estimate of drug-likeness (QED) is 0.653. The summed E-state index contributed by atoms with van der Waals surface area (Å²) in [5.41, 5.74) is -0.638. The summed E-state index contributed by atoms with van der Waals surface area (Å²) in [5, 5.41) is 33.3. The highest BCUT2D eigenvalue weighted by molar-refractivity contribution is 5.22. The van der Waals surface area contributed by atoms with Crippen LogP contribution in [0.2, 0.25) is 0 Å². The van der Waals surface area contributed by atoms with Gasteiger partial charge in [-0.15, -0.1) is 30.6 Å². The van der Waals surface area contributed by atoms with Crippen molar-refractivity contribution >= 4 is 0 Å². The van der Waals surface area contributed by atoms with E-state index in [1.807, 2.05) is 41.5 Å². The van der Waals surface area contributed by atoms with Crippen LogP contribution in [-0.2, 0) is 10.8 Å². The Labute approximate surface area is 157 Å². The van der Waals surface area contributed by atoms with E-state index in [4.69, 9.17) is 0 Å². The molecule has 10 heteroatoms. The van der Waals surface area contributed by atoms with Gasteiger partial charge in [-0.25, -0.2) is 9.97 Å². The normalized spacial score (nSPS) is 12.4. The average molecular weight is 366 g/mol. The van der Waals surface area contributed by atoms with Gasteiger partial charge in [0, 0.05) is 12.1 Å². The van der Waals surface area contributed by atoms with Gasteiger partial charge in [0.2, 0.25) is 0 Å². The Morgan fingerprint density at radius 1 is 0.667 bits per heavy atom. The maximum Gasteiger partial charge on any atom is 0.185 e. The van der Waals surface area contributed by atoms with Crippen LogP contribution in [0.1, 0.15) is 76.5 Å². The van der Waals surface area contributed by atoms with Gasteiger partial charge in [-0.05, 0) is 27.7 Å². The first-order valence-corrected chi connectivity index (χ1v) is 8.65. The topological polar surface area (TPSA) is 129 Å². The third-order valence-corrected chi connectivity index (χ3v) is 4.37. The van der Waals surface area contributed by atoms with Crippen LogP contribution < -0.4 is 0 Å². The summed E-state index contributed by atoms with van der Waals surface area (Å²) in [4.78, 5) is 8.74. The van der Waals surface area contributed by atoms with E-state index in [-0.39, 0.29) is 5.92 Å². The van der Waals surface area contributed by atoms with Gasteiger partial charge in [0.05, 0.1) is 28.9 Å². The SMILES string of the molecule is CC(C)c1nnc(C(C)(C)c2cnc(C(C)(C)c3nccnn3)nn2)nn1. The fourth-order valence-electron chi connectivity index (χ4n) is 2.31. The van der Waals surface area contributed by atoms with Gasteiger partial charge in [-0.1, -0.05) is 13.8 Å². The molecule has 140 valence electrons. The van der Waals surface area contributed by atoms with Crippen molar-refractivity contribution in [3.05, 3.63) is 47.6 Å². The van der Waals surface area contributed by atoms with Crippen molar-refractivity contribution in [1.82, 2.24) is 50.8 Å². The molecule has 0 fully saturated rings. The predicted octanol–water partition coefficient (Wildman–Crippen LogP) is 1.41. The minimum absolute atomic E-state index is 0.167. The zero-order valence-corrected chi connectivity index (χ0v) is 16.3. The van der Waals surface area contributed by atoms with E-state index in [0.29, 0.717) is 29.0 Å². The molecule has 0 bridgehead atoms. The van der Waals surface area contributed by atoms with Crippen LogP contribution in [0.5, 0.6) is 0 Å². The highest BCUT2D eigenvalue weighted by Gasteiger charge is 2.34. The molecule has 3 heterocycles. The first-order chi connectivity index (χ1) is 12.7. The Morgan fingerprint density at radius 3 is 1.81 bits per heavy atom. The lowest BCUT2D eigenvalue weighted by atomic mass is 9.88. The zero-order valence-electron chi connectivity index (χ0n) is 16.3. The summed E-state index contributed by atoms with van der Waals surface area (Å²) in [7, 11) is 0. The molecular weight excluding hydrogens is 344 g/mol. The number of aromatic nitrogens is 10. The van der Waals surface area contributed by atoms with Crippen LogP contribution >= 0.6 is 0 Å². The van der Waals surface area contributed by atoms with Crippen molar-refractivity contribution in [2.24, 2.45) is 0 Å². The van der Waals surface area contributed by atoms with Gasteiger partial charge in [-0.2, -0.15) is 10.2 Å². The molecule has 0 aliphatic rings. The monoisotopic (exact) mass is 366 g/mol. The molecule has 0 amide bonds. The van der Waals surface area contributed by atoms with E-state index in [1.165, 1.54) is 6.20 Å². The molecule has 0 saturated heterocycles. The Hall–Kier alpha value is -3.04. The summed E-state index contributed by atoms with van der Waals surface area (Å²) in [5.74, 6) is 2.26. The van der Waals surface area contributed by atoms with E-state index < -0.39 is 10.8 Å². The van der Waals surface area contributed by atoms with Crippen LogP contribution in [-0.4, -0.2) is 50.8 Å². The Kier molecular flexibility index (Phi) is 4.81. The first-order valence-electron chi connectivity index (χ1n) is 8.65. The highest BCUT2D eigenvalue weighted by Crippen LogP contribution is 2.28. The van der Waals surface area contributed by atoms with Crippen molar-refractivity contribution in [1.29, 1.82) is 0 Å². The van der Waals surface area contributed by atoms with E-state index in [9.17, 15) is 0 Å². The first kappa shape index (κ1) is 18.7. The van der Waals surface area contributed by atoms with E-state index in [0.717, 1.165) is 0 Å². The van der Waals surface area contributed by atoms with Crippen LogP contribution in [0.4, 0.5) is 0 Å². The van der Waals surface area contributed by atoms with Gasteiger partial charge in [-0.3, -0.25) is 0 Å². The number of hydrogen-bond donors (Lipinski definition) is 0. The largest absolute Gasteiger partial charge is 0.237 e. The van der Waals surface area contributed by atoms with Crippen molar-refractivity contribution in [3.63, 3.8) is 0 Å². The summed E-state index contributed by atoms with van der Waals surface area (Å²) >= 11 is 0. The standard InChI is InChI=1S/C17H22N10/c1-10(2)12-22-26-15(27-23-12)16(3,4)11-9-19-14(25-21-11)17(5,6)13-18-7-8-20-24-13/h7-10H,1-6H3. The van der Waals surface area contributed by atoms with Gasteiger partial charge in [0.15, 0.2) is 23.3 Å². The zero-order chi connectivity index (χ0) is 19.7. The van der Waals surface area contributed by atoms with Gasteiger partial charge < -0.3 is 0 Å². The Balaban J connectivity index is 1.90. The molecule has 0 saturated carbocycles. The third-order valence-electron chi connectivity index (χ3n) is 4.37. The smallest absolute Gasteiger partial charge is 0.185 e. The molecule has 10 nitrogen and oxygen atoms in total. The lowest BCUT2D eigenvalue weighted by Gasteiger charge is -2.23. The Bertz CT molecular complexity index is 889. The lowest BCUT2D eigenvalue weighted by Crippen LogP contribution is -2.29. The van der Waals surface area contributed by atoms with Crippen molar-refractivity contribution in [3.8, 4) is 0 Å². The Morgan fingerprint density at radius 2 is 1.30 bits per heavy atom. The summed E-state index contributed by atoms with van der Waals surface area (Å²) in [6.07, 6.45) is 4.78. The molecule has 0 N–H and O–H groups in total. The van der Waals surface area contributed by atoms with Crippen LogP contribution in [0, 0.1) is 0 Å². The molecule has 0 atom stereocenters. The number of nitrogens with zero attached hydrogens (tertiary/aromatic N) is 10. The minimum Gasteiger partial charge on any atom is -0.237 e.